The van der Waals surface area contributed by atoms with Crippen molar-refractivity contribution in [3.05, 3.63) is 82.3 Å². The number of aryl methyl sites for hydroxylation is 2. The second-order valence-corrected chi connectivity index (χ2v) is 8.33. The van der Waals surface area contributed by atoms with Gasteiger partial charge >= 0.3 is 0 Å². The van der Waals surface area contributed by atoms with Gasteiger partial charge in [0.2, 0.25) is 5.91 Å². The van der Waals surface area contributed by atoms with Crippen LogP contribution in [0.1, 0.15) is 29.4 Å². The van der Waals surface area contributed by atoms with E-state index in [1.165, 1.54) is 16.9 Å². The van der Waals surface area contributed by atoms with Crippen LogP contribution in [0.4, 0.5) is 5.13 Å². The molecular weight excluding hydrogens is 404 g/mol. The van der Waals surface area contributed by atoms with E-state index in [9.17, 15) is 4.79 Å². The predicted octanol–water partition coefficient (Wildman–Crippen LogP) is 6.19. The monoisotopic (exact) mass is 424 g/mol. The number of rotatable bonds is 6. The minimum Gasteiger partial charge on any atom is -0.467 e. The molecule has 2 heterocycles. The molecule has 4 nitrogen and oxygen atoms in total. The van der Waals surface area contributed by atoms with E-state index in [2.05, 4.69) is 19.1 Å². The maximum Gasteiger partial charge on any atom is 0.233 e. The van der Waals surface area contributed by atoms with Crippen LogP contribution in [-0.2, 0) is 24.2 Å². The third-order valence-electron chi connectivity index (χ3n) is 4.90. The molecule has 0 bridgehead atoms. The normalized spacial score (nSPS) is 11.1. The Morgan fingerprint density at radius 2 is 1.90 bits per heavy atom. The van der Waals surface area contributed by atoms with Crippen molar-refractivity contribution >= 4 is 44.2 Å². The van der Waals surface area contributed by atoms with Gasteiger partial charge in [-0.15, -0.1) is 0 Å². The van der Waals surface area contributed by atoms with Gasteiger partial charge in [-0.2, -0.15) is 0 Å². The van der Waals surface area contributed by atoms with Crippen LogP contribution in [0.15, 0.2) is 59.2 Å². The van der Waals surface area contributed by atoms with Gasteiger partial charge in [0.1, 0.15) is 5.76 Å². The number of aromatic nitrogens is 1. The Labute approximate surface area is 178 Å². The molecule has 0 spiro atoms. The lowest BCUT2D eigenvalue weighted by Crippen LogP contribution is -2.31. The van der Waals surface area contributed by atoms with Crippen LogP contribution in [0.25, 0.3) is 10.2 Å². The van der Waals surface area contributed by atoms with E-state index < -0.39 is 0 Å². The third-order valence-corrected chi connectivity index (χ3v) is 6.44. The number of furan rings is 1. The van der Waals surface area contributed by atoms with Crippen molar-refractivity contribution in [2.24, 2.45) is 0 Å². The van der Waals surface area contributed by atoms with E-state index >= 15 is 0 Å². The second-order valence-electron chi connectivity index (χ2n) is 6.94. The summed E-state index contributed by atoms with van der Waals surface area (Å²) in [5.74, 6) is 0.681. The molecule has 29 heavy (non-hydrogen) atoms. The molecule has 0 fully saturated rings. The zero-order valence-corrected chi connectivity index (χ0v) is 17.9. The summed E-state index contributed by atoms with van der Waals surface area (Å²) in [6.07, 6.45) is 2.89. The van der Waals surface area contributed by atoms with Gasteiger partial charge in [0, 0.05) is 0 Å². The highest BCUT2D eigenvalue weighted by Gasteiger charge is 2.22. The molecule has 0 aliphatic rings. The van der Waals surface area contributed by atoms with E-state index in [4.69, 9.17) is 21.0 Å². The average molecular weight is 425 g/mol. The SMILES string of the molecule is CCc1ccc(CC(=O)N(Cc2ccco2)c2nc3c(C)ccc(Cl)c3s2)cc1. The number of benzene rings is 2. The fourth-order valence-corrected chi connectivity index (χ4v) is 4.52. The molecule has 1 amide bonds. The van der Waals surface area contributed by atoms with Gasteiger partial charge in [-0.05, 0) is 48.2 Å². The summed E-state index contributed by atoms with van der Waals surface area (Å²) < 4.78 is 6.39. The molecule has 0 atom stereocenters. The van der Waals surface area contributed by atoms with Crippen molar-refractivity contribution in [3.63, 3.8) is 0 Å². The Hall–Kier alpha value is -2.63. The fraction of sp³-hybridized carbons (Fsp3) is 0.217. The van der Waals surface area contributed by atoms with Gasteiger partial charge in [-0.3, -0.25) is 9.69 Å². The summed E-state index contributed by atoms with van der Waals surface area (Å²) in [6.45, 7) is 4.44. The zero-order valence-electron chi connectivity index (χ0n) is 16.3. The smallest absolute Gasteiger partial charge is 0.233 e. The zero-order chi connectivity index (χ0) is 20.4. The third kappa shape index (κ3) is 4.21. The average Bonchev–Trinajstić information content (AvgIpc) is 3.40. The molecule has 0 aliphatic carbocycles. The Morgan fingerprint density at radius 3 is 2.55 bits per heavy atom. The molecule has 6 heteroatoms. The molecule has 0 N–H and O–H groups in total. The number of anilines is 1. The van der Waals surface area contributed by atoms with Crippen LogP contribution in [0.2, 0.25) is 5.02 Å². The van der Waals surface area contributed by atoms with Gasteiger partial charge in [-0.1, -0.05) is 60.2 Å². The van der Waals surface area contributed by atoms with Crippen molar-refractivity contribution in [3.8, 4) is 0 Å². The van der Waals surface area contributed by atoms with Crippen molar-refractivity contribution < 1.29 is 9.21 Å². The summed E-state index contributed by atoms with van der Waals surface area (Å²) in [6, 6.07) is 15.7. The van der Waals surface area contributed by atoms with Gasteiger partial charge < -0.3 is 4.42 Å². The van der Waals surface area contributed by atoms with Crippen LogP contribution < -0.4 is 4.90 Å². The number of amides is 1. The number of hydrogen-bond donors (Lipinski definition) is 0. The summed E-state index contributed by atoms with van der Waals surface area (Å²) >= 11 is 7.81. The number of nitrogens with zero attached hydrogens (tertiary/aromatic N) is 2. The largest absolute Gasteiger partial charge is 0.467 e. The number of thiazole rings is 1. The van der Waals surface area contributed by atoms with Crippen molar-refractivity contribution in [1.82, 2.24) is 4.98 Å². The molecule has 148 valence electrons. The lowest BCUT2D eigenvalue weighted by molar-refractivity contribution is -0.118. The van der Waals surface area contributed by atoms with Crippen LogP contribution in [0.5, 0.6) is 0 Å². The molecule has 0 unspecified atom stereocenters. The quantitative estimate of drug-likeness (QED) is 0.370. The summed E-state index contributed by atoms with van der Waals surface area (Å²) in [5.41, 5.74) is 4.10. The summed E-state index contributed by atoms with van der Waals surface area (Å²) in [5, 5.41) is 1.28. The Morgan fingerprint density at radius 1 is 1.14 bits per heavy atom. The first-order valence-electron chi connectivity index (χ1n) is 9.51. The number of halogens is 1. The summed E-state index contributed by atoms with van der Waals surface area (Å²) in [7, 11) is 0. The van der Waals surface area contributed by atoms with E-state index in [1.807, 2.05) is 43.3 Å². The number of hydrogen-bond acceptors (Lipinski definition) is 4. The maximum atomic E-state index is 13.3. The highest BCUT2D eigenvalue weighted by molar-refractivity contribution is 7.23. The van der Waals surface area contributed by atoms with Gasteiger partial charge in [0.05, 0.1) is 34.5 Å². The minimum atomic E-state index is -0.0292. The molecule has 0 saturated heterocycles. The topological polar surface area (TPSA) is 46.3 Å². The molecule has 0 saturated carbocycles. The first kappa shape index (κ1) is 19.7. The fourth-order valence-electron chi connectivity index (χ4n) is 3.19. The predicted molar refractivity (Wildman–Crippen MR) is 119 cm³/mol. The second kappa shape index (κ2) is 8.39. The Kier molecular flexibility index (Phi) is 5.69. The molecule has 4 aromatic rings. The first-order chi connectivity index (χ1) is 14.0. The van der Waals surface area contributed by atoms with Crippen LogP contribution in [-0.4, -0.2) is 10.9 Å². The van der Waals surface area contributed by atoms with E-state index in [0.717, 1.165) is 27.8 Å². The summed E-state index contributed by atoms with van der Waals surface area (Å²) in [4.78, 5) is 19.7. The van der Waals surface area contributed by atoms with Crippen LogP contribution >= 0.6 is 22.9 Å². The number of carbonyl (C=O) groups excluding carboxylic acids is 1. The molecule has 2 aromatic carbocycles. The first-order valence-corrected chi connectivity index (χ1v) is 10.7. The molecular formula is C23H21ClN2O2S. The lowest BCUT2D eigenvalue weighted by atomic mass is 10.1. The van der Waals surface area contributed by atoms with E-state index in [1.54, 1.807) is 11.2 Å². The van der Waals surface area contributed by atoms with Crippen molar-refractivity contribution in [2.75, 3.05) is 4.90 Å². The Balaban J connectivity index is 1.68. The number of carbonyl (C=O) groups is 1. The Bertz CT molecular complexity index is 1090. The molecule has 0 aliphatic heterocycles. The van der Waals surface area contributed by atoms with Gasteiger partial charge in [0.25, 0.3) is 0 Å². The van der Waals surface area contributed by atoms with Gasteiger partial charge in [-0.25, -0.2) is 4.98 Å². The maximum absolute atomic E-state index is 13.3. The number of fused-ring (bicyclic) bond motifs is 1. The van der Waals surface area contributed by atoms with Crippen molar-refractivity contribution in [2.45, 2.75) is 33.2 Å². The highest BCUT2D eigenvalue weighted by Crippen LogP contribution is 2.36. The van der Waals surface area contributed by atoms with Crippen molar-refractivity contribution in [1.29, 1.82) is 0 Å². The van der Waals surface area contributed by atoms with Crippen LogP contribution in [0, 0.1) is 6.92 Å². The lowest BCUT2D eigenvalue weighted by Gasteiger charge is -2.19. The van der Waals surface area contributed by atoms with E-state index in [-0.39, 0.29) is 5.91 Å². The minimum absolute atomic E-state index is 0.0292. The van der Waals surface area contributed by atoms with Crippen LogP contribution in [0.3, 0.4) is 0 Å². The molecule has 2 aromatic heterocycles. The molecule has 0 radical (unpaired) electrons. The highest BCUT2D eigenvalue weighted by atomic mass is 35.5. The molecule has 4 rings (SSSR count). The standard InChI is InChI=1S/C23H21ClN2O2S/c1-3-16-7-9-17(10-8-16)13-20(27)26(14-18-5-4-12-28-18)23-25-21-15(2)6-11-19(24)22(21)29-23/h4-12H,3,13-14H2,1-2H3. The van der Waals surface area contributed by atoms with Gasteiger partial charge in [0.15, 0.2) is 5.13 Å². The van der Waals surface area contributed by atoms with E-state index in [0.29, 0.717) is 28.9 Å².